The summed E-state index contributed by atoms with van der Waals surface area (Å²) in [6.45, 7) is 0. The highest BCUT2D eigenvalue weighted by molar-refractivity contribution is 5.65. The fourth-order valence-electron chi connectivity index (χ4n) is 1.20. The van der Waals surface area contributed by atoms with E-state index in [0.29, 0.717) is 6.07 Å². The minimum atomic E-state index is -4.73. The molecule has 94 valence electrons. The van der Waals surface area contributed by atoms with Gasteiger partial charge in [-0.1, -0.05) is 0 Å². The standard InChI is InChI=1S/C11H12F4N2/c1-17(2)4-3-7-5-9(12)8(6-10(7)16)11(13,14)15/h3-6H,16H2,1-2H3/b4-3+. The molecule has 0 fully saturated rings. The third-order valence-corrected chi connectivity index (χ3v) is 2.03. The van der Waals surface area contributed by atoms with E-state index in [4.69, 9.17) is 5.73 Å². The van der Waals surface area contributed by atoms with E-state index in [-0.39, 0.29) is 11.3 Å². The van der Waals surface area contributed by atoms with Gasteiger partial charge in [-0.15, -0.1) is 0 Å². The summed E-state index contributed by atoms with van der Waals surface area (Å²) in [6, 6.07) is 1.38. The monoisotopic (exact) mass is 248 g/mol. The average Bonchev–Trinajstić information content (AvgIpc) is 2.17. The zero-order valence-electron chi connectivity index (χ0n) is 9.35. The van der Waals surface area contributed by atoms with Crippen molar-refractivity contribution in [1.29, 1.82) is 0 Å². The number of hydrogen-bond donors (Lipinski definition) is 1. The SMILES string of the molecule is CN(C)/C=C/c1cc(F)c(C(F)(F)F)cc1N. The predicted octanol–water partition coefficient (Wildman–Crippen LogP) is 2.96. The number of rotatable bonds is 2. The normalized spacial score (nSPS) is 12.1. The van der Waals surface area contributed by atoms with E-state index in [0.717, 1.165) is 6.07 Å². The molecule has 17 heavy (non-hydrogen) atoms. The molecule has 6 heteroatoms. The summed E-state index contributed by atoms with van der Waals surface area (Å²) in [4.78, 5) is 1.66. The van der Waals surface area contributed by atoms with Crippen LogP contribution in [0, 0.1) is 5.82 Å². The number of benzene rings is 1. The van der Waals surface area contributed by atoms with Gasteiger partial charge < -0.3 is 10.6 Å². The fourth-order valence-corrected chi connectivity index (χ4v) is 1.20. The molecule has 1 aromatic carbocycles. The lowest BCUT2D eigenvalue weighted by atomic mass is 10.1. The Morgan fingerprint density at radius 3 is 2.29 bits per heavy atom. The van der Waals surface area contributed by atoms with Gasteiger partial charge in [0.1, 0.15) is 5.82 Å². The van der Waals surface area contributed by atoms with Crippen LogP contribution in [0.25, 0.3) is 6.08 Å². The lowest BCUT2D eigenvalue weighted by Gasteiger charge is -2.11. The molecule has 0 saturated heterocycles. The molecule has 0 atom stereocenters. The molecule has 0 saturated carbocycles. The molecular formula is C11H12F4N2. The number of nitrogen functional groups attached to an aromatic ring is 1. The van der Waals surface area contributed by atoms with Crippen LogP contribution in [-0.2, 0) is 6.18 Å². The molecule has 1 aromatic rings. The van der Waals surface area contributed by atoms with E-state index in [1.807, 2.05) is 0 Å². The van der Waals surface area contributed by atoms with Crippen LogP contribution >= 0.6 is 0 Å². The minimum Gasteiger partial charge on any atom is -0.398 e. The highest BCUT2D eigenvalue weighted by atomic mass is 19.4. The van der Waals surface area contributed by atoms with Crippen LogP contribution in [0.4, 0.5) is 23.2 Å². The van der Waals surface area contributed by atoms with Gasteiger partial charge in [0.15, 0.2) is 0 Å². The van der Waals surface area contributed by atoms with Gasteiger partial charge in [0.2, 0.25) is 0 Å². The second kappa shape index (κ2) is 4.65. The van der Waals surface area contributed by atoms with Crippen LogP contribution < -0.4 is 5.73 Å². The molecule has 0 aromatic heterocycles. The summed E-state index contributed by atoms with van der Waals surface area (Å²) in [5.41, 5.74) is 4.18. The second-order valence-electron chi connectivity index (χ2n) is 3.74. The van der Waals surface area contributed by atoms with E-state index < -0.39 is 17.6 Å². The first-order valence-corrected chi connectivity index (χ1v) is 4.72. The number of nitrogens with two attached hydrogens (primary N) is 1. The molecule has 1 rings (SSSR count). The van der Waals surface area contributed by atoms with Crippen LogP contribution in [0.5, 0.6) is 0 Å². The molecular weight excluding hydrogens is 236 g/mol. The number of nitrogens with zero attached hydrogens (tertiary/aromatic N) is 1. The van der Waals surface area contributed by atoms with E-state index in [1.165, 1.54) is 6.08 Å². The van der Waals surface area contributed by atoms with Gasteiger partial charge in [-0.3, -0.25) is 0 Å². The molecule has 0 bridgehead atoms. The van der Waals surface area contributed by atoms with Crippen molar-refractivity contribution in [2.45, 2.75) is 6.18 Å². The van der Waals surface area contributed by atoms with Gasteiger partial charge >= 0.3 is 6.18 Å². The lowest BCUT2D eigenvalue weighted by molar-refractivity contribution is -0.139. The maximum atomic E-state index is 13.2. The topological polar surface area (TPSA) is 29.3 Å². The average molecular weight is 248 g/mol. The zero-order valence-corrected chi connectivity index (χ0v) is 9.35. The van der Waals surface area contributed by atoms with Crippen LogP contribution in [0.3, 0.4) is 0 Å². The smallest absolute Gasteiger partial charge is 0.398 e. The predicted molar refractivity (Wildman–Crippen MR) is 58.5 cm³/mol. The number of halogens is 4. The number of hydrogen-bond acceptors (Lipinski definition) is 2. The Hall–Kier alpha value is -1.72. The second-order valence-corrected chi connectivity index (χ2v) is 3.74. The number of alkyl halides is 3. The Kier molecular flexibility index (Phi) is 3.65. The highest BCUT2D eigenvalue weighted by Crippen LogP contribution is 2.34. The van der Waals surface area contributed by atoms with Crippen molar-refractivity contribution in [1.82, 2.24) is 4.90 Å². The Balaban J connectivity index is 3.19. The largest absolute Gasteiger partial charge is 0.419 e. The number of anilines is 1. The molecule has 2 N–H and O–H groups in total. The van der Waals surface area contributed by atoms with Crippen molar-refractivity contribution in [3.63, 3.8) is 0 Å². The first kappa shape index (κ1) is 13.3. The molecule has 2 nitrogen and oxygen atoms in total. The molecule has 0 spiro atoms. The summed E-state index contributed by atoms with van der Waals surface area (Å²) in [6.07, 6.45) is -1.72. The third kappa shape index (κ3) is 3.37. The summed E-state index contributed by atoms with van der Waals surface area (Å²) >= 11 is 0. The van der Waals surface area contributed by atoms with Crippen molar-refractivity contribution in [3.05, 3.63) is 35.3 Å². The van der Waals surface area contributed by atoms with Crippen molar-refractivity contribution >= 4 is 11.8 Å². The summed E-state index contributed by atoms with van der Waals surface area (Å²) in [7, 11) is 3.46. The summed E-state index contributed by atoms with van der Waals surface area (Å²) in [5.74, 6) is -1.33. The van der Waals surface area contributed by atoms with E-state index >= 15 is 0 Å². The van der Waals surface area contributed by atoms with Crippen molar-refractivity contribution < 1.29 is 17.6 Å². The lowest BCUT2D eigenvalue weighted by Crippen LogP contribution is -2.09. The quantitative estimate of drug-likeness (QED) is 0.644. The fraction of sp³-hybridized carbons (Fsp3) is 0.273. The first-order chi connectivity index (χ1) is 7.71. The van der Waals surface area contributed by atoms with Crippen LogP contribution in [-0.4, -0.2) is 19.0 Å². The van der Waals surface area contributed by atoms with Gasteiger partial charge in [0.05, 0.1) is 5.56 Å². The first-order valence-electron chi connectivity index (χ1n) is 4.72. The van der Waals surface area contributed by atoms with Crippen LogP contribution in [0.2, 0.25) is 0 Å². The van der Waals surface area contributed by atoms with Crippen LogP contribution in [0.15, 0.2) is 18.3 Å². The maximum Gasteiger partial charge on any atom is 0.419 e. The van der Waals surface area contributed by atoms with E-state index in [9.17, 15) is 17.6 Å². The Morgan fingerprint density at radius 1 is 1.24 bits per heavy atom. The van der Waals surface area contributed by atoms with E-state index in [1.54, 1.807) is 25.2 Å². The molecule has 0 heterocycles. The third-order valence-electron chi connectivity index (χ3n) is 2.03. The van der Waals surface area contributed by atoms with Crippen molar-refractivity contribution in [3.8, 4) is 0 Å². The van der Waals surface area contributed by atoms with Gasteiger partial charge in [0, 0.05) is 25.3 Å². The Bertz CT molecular complexity index is 436. The van der Waals surface area contributed by atoms with Gasteiger partial charge in [-0.05, 0) is 24.4 Å². The zero-order chi connectivity index (χ0) is 13.2. The van der Waals surface area contributed by atoms with Crippen molar-refractivity contribution in [2.24, 2.45) is 0 Å². The minimum absolute atomic E-state index is 0.114. The molecule has 0 unspecified atom stereocenters. The van der Waals surface area contributed by atoms with Gasteiger partial charge in [-0.2, -0.15) is 13.2 Å². The van der Waals surface area contributed by atoms with Gasteiger partial charge in [0.25, 0.3) is 0 Å². The molecule has 0 aliphatic heterocycles. The van der Waals surface area contributed by atoms with Crippen molar-refractivity contribution in [2.75, 3.05) is 19.8 Å². The summed E-state index contributed by atoms with van der Waals surface area (Å²) < 4.78 is 50.3. The Morgan fingerprint density at radius 2 is 1.82 bits per heavy atom. The van der Waals surface area contributed by atoms with Gasteiger partial charge in [-0.25, -0.2) is 4.39 Å². The van der Waals surface area contributed by atoms with E-state index in [2.05, 4.69) is 0 Å². The molecule has 0 amide bonds. The molecule has 0 aliphatic carbocycles. The Labute approximate surface area is 96.3 Å². The molecule has 0 aliphatic rings. The molecule has 0 radical (unpaired) electrons. The highest BCUT2D eigenvalue weighted by Gasteiger charge is 2.34. The summed E-state index contributed by atoms with van der Waals surface area (Å²) in [5, 5.41) is 0. The van der Waals surface area contributed by atoms with Crippen LogP contribution in [0.1, 0.15) is 11.1 Å². The maximum absolute atomic E-state index is 13.2.